The van der Waals surface area contributed by atoms with E-state index in [2.05, 4.69) is 10.6 Å². The number of carbonyl (C=O) groups is 3. The van der Waals surface area contributed by atoms with Crippen LogP contribution in [0.1, 0.15) is 24.2 Å². The molecular weight excluding hydrogens is 328 g/mol. The van der Waals surface area contributed by atoms with E-state index in [1.54, 1.807) is 24.3 Å². The monoisotopic (exact) mass is 352 g/mol. The Balaban J connectivity index is 2.55. The maximum atomic E-state index is 12.3. The van der Waals surface area contributed by atoms with E-state index in [9.17, 15) is 14.4 Å². The average molecular weight is 352 g/mol. The van der Waals surface area contributed by atoms with Crippen LogP contribution in [0.2, 0.25) is 0 Å². The van der Waals surface area contributed by atoms with Crippen LogP contribution in [-0.4, -0.2) is 55.8 Å². The lowest BCUT2D eigenvalue weighted by Crippen LogP contribution is -2.50. The molecule has 0 aromatic heterocycles. The van der Waals surface area contributed by atoms with Crippen molar-refractivity contribution in [3.05, 3.63) is 29.8 Å². The van der Waals surface area contributed by atoms with Crippen molar-refractivity contribution in [3.8, 4) is 5.75 Å². The van der Waals surface area contributed by atoms with Gasteiger partial charge in [0, 0.05) is 12.1 Å². The second-order valence-corrected chi connectivity index (χ2v) is 5.66. The number of carboxylic acid groups (broad SMARTS) is 1. The van der Waals surface area contributed by atoms with Gasteiger partial charge in [-0.25, -0.2) is 4.79 Å². The van der Waals surface area contributed by atoms with Crippen molar-refractivity contribution in [3.63, 3.8) is 0 Å². The summed E-state index contributed by atoms with van der Waals surface area (Å²) < 4.78 is 9.89. The smallest absolute Gasteiger partial charge is 0.329 e. The predicted octanol–water partition coefficient (Wildman–Crippen LogP) is 0.667. The lowest BCUT2D eigenvalue weighted by atomic mass is 10.0. The summed E-state index contributed by atoms with van der Waals surface area (Å²) in [7, 11) is 1.54. The second-order valence-electron chi connectivity index (χ2n) is 5.66. The van der Waals surface area contributed by atoms with E-state index in [4.69, 9.17) is 14.6 Å². The number of hydrogen-bond donors (Lipinski definition) is 3. The van der Waals surface area contributed by atoms with Gasteiger partial charge in [0.2, 0.25) is 5.91 Å². The van der Waals surface area contributed by atoms with E-state index < -0.39 is 18.6 Å². The molecule has 1 rings (SSSR count). The summed E-state index contributed by atoms with van der Waals surface area (Å²) in [6.07, 6.45) is 0. The molecule has 0 saturated carbocycles. The lowest BCUT2D eigenvalue weighted by Gasteiger charge is -2.21. The number of nitrogens with one attached hydrogen (secondary N) is 2. The van der Waals surface area contributed by atoms with Crippen molar-refractivity contribution >= 4 is 17.8 Å². The second kappa shape index (κ2) is 10.3. The Bertz CT molecular complexity index is 585. The molecular formula is C17H24N2O6. The van der Waals surface area contributed by atoms with Crippen LogP contribution >= 0.6 is 0 Å². The van der Waals surface area contributed by atoms with Crippen LogP contribution in [0.4, 0.5) is 0 Å². The Morgan fingerprint density at radius 3 is 2.32 bits per heavy atom. The summed E-state index contributed by atoms with van der Waals surface area (Å²) in [4.78, 5) is 34.8. The normalized spacial score (nSPS) is 11.7. The number of rotatable bonds is 10. The molecule has 3 N–H and O–H groups in total. The molecule has 0 aliphatic rings. The molecule has 138 valence electrons. The molecule has 1 atom stereocenters. The minimum atomic E-state index is -1.07. The van der Waals surface area contributed by atoms with Gasteiger partial charge in [-0.1, -0.05) is 13.8 Å². The number of amides is 2. The van der Waals surface area contributed by atoms with Gasteiger partial charge in [0.1, 0.15) is 18.4 Å². The molecule has 1 unspecified atom stereocenters. The highest BCUT2D eigenvalue weighted by Crippen LogP contribution is 2.12. The van der Waals surface area contributed by atoms with E-state index in [0.717, 1.165) is 0 Å². The Kier molecular flexibility index (Phi) is 8.42. The Labute approximate surface area is 146 Å². The summed E-state index contributed by atoms with van der Waals surface area (Å²) >= 11 is 0. The molecule has 0 spiro atoms. The molecule has 0 bridgehead atoms. The van der Waals surface area contributed by atoms with E-state index in [1.807, 2.05) is 13.8 Å². The number of aliphatic carboxylic acids is 1. The fourth-order valence-corrected chi connectivity index (χ4v) is 2.02. The van der Waals surface area contributed by atoms with Gasteiger partial charge in [-0.3, -0.25) is 9.59 Å². The van der Waals surface area contributed by atoms with Crippen LogP contribution in [0.5, 0.6) is 5.75 Å². The summed E-state index contributed by atoms with van der Waals surface area (Å²) in [6, 6.07) is 5.85. The Hall–Kier alpha value is -2.61. The van der Waals surface area contributed by atoms with E-state index in [-0.39, 0.29) is 30.9 Å². The van der Waals surface area contributed by atoms with Crippen LogP contribution in [-0.2, 0) is 14.3 Å². The van der Waals surface area contributed by atoms with Crippen molar-refractivity contribution in [2.45, 2.75) is 19.9 Å². The fourth-order valence-electron chi connectivity index (χ4n) is 2.02. The Morgan fingerprint density at radius 1 is 1.16 bits per heavy atom. The summed E-state index contributed by atoms with van der Waals surface area (Å²) in [5, 5.41) is 13.8. The van der Waals surface area contributed by atoms with Gasteiger partial charge >= 0.3 is 5.97 Å². The first-order valence-electron chi connectivity index (χ1n) is 7.87. The molecule has 2 amide bonds. The zero-order chi connectivity index (χ0) is 18.8. The molecule has 25 heavy (non-hydrogen) atoms. The first-order valence-corrected chi connectivity index (χ1v) is 7.87. The van der Waals surface area contributed by atoms with Crippen LogP contribution in [0.25, 0.3) is 0 Å². The predicted molar refractivity (Wildman–Crippen MR) is 90.6 cm³/mol. The van der Waals surface area contributed by atoms with Gasteiger partial charge in [0.05, 0.1) is 13.7 Å². The maximum absolute atomic E-state index is 12.3. The molecule has 0 fully saturated rings. The summed E-state index contributed by atoms with van der Waals surface area (Å²) in [6.45, 7) is 3.46. The topological polar surface area (TPSA) is 114 Å². The third kappa shape index (κ3) is 7.21. The van der Waals surface area contributed by atoms with Crippen LogP contribution in [0.3, 0.4) is 0 Å². The minimum Gasteiger partial charge on any atom is -0.497 e. The van der Waals surface area contributed by atoms with Gasteiger partial charge < -0.3 is 25.2 Å². The fraction of sp³-hybridized carbons (Fsp3) is 0.471. The van der Waals surface area contributed by atoms with Gasteiger partial charge in [0.25, 0.3) is 5.91 Å². The van der Waals surface area contributed by atoms with Gasteiger partial charge in [-0.05, 0) is 30.2 Å². The average Bonchev–Trinajstić information content (AvgIpc) is 2.58. The molecule has 1 aromatic carbocycles. The van der Waals surface area contributed by atoms with Crippen LogP contribution in [0.15, 0.2) is 24.3 Å². The molecule has 0 aliphatic heterocycles. The Morgan fingerprint density at radius 2 is 1.80 bits per heavy atom. The molecule has 0 aliphatic carbocycles. The molecule has 0 heterocycles. The van der Waals surface area contributed by atoms with Crippen molar-refractivity contribution < 1.29 is 29.0 Å². The highest BCUT2D eigenvalue weighted by atomic mass is 16.5. The van der Waals surface area contributed by atoms with E-state index >= 15 is 0 Å². The summed E-state index contributed by atoms with van der Waals surface area (Å²) in [5.41, 5.74) is 0.420. The molecule has 8 heteroatoms. The summed E-state index contributed by atoms with van der Waals surface area (Å²) in [5.74, 6) is -1.27. The van der Waals surface area contributed by atoms with Gasteiger partial charge in [-0.2, -0.15) is 0 Å². The van der Waals surface area contributed by atoms with E-state index in [1.165, 1.54) is 7.11 Å². The lowest BCUT2D eigenvalue weighted by molar-refractivity contribution is -0.142. The molecule has 0 radical (unpaired) electrons. The van der Waals surface area contributed by atoms with Crippen molar-refractivity contribution in [2.75, 3.05) is 26.9 Å². The maximum Gasteiger partial charge on any atom is 0.329 e. The minimum absolute atomic E-state index is 0.0787. The zero-order valence-corrected chi connectivity index (χ0v) is 14.6. The van der Waals surface area contributed by atoms with Crippen LogP contribution in [0, 0.1) is 5.92 Å². The highest BCUT2D eigenvalue weighted by Gasteiger charge is 2.24. The molecule has 0 saturated heterocycles. The van der Waals surface area contributed by atoms with Crippen molar-refractivity contribution in [1.29, 1.82) is 0 Å². The standard InChI is InChI=1S/C17H24N2O6/c1-11(2)15(17(23)18-8-9-25-10-14(20)21)19-16(22)12-4-6-13(24-3)7-5-12/h4-7,11,15H,8-10H2,1-3H3,(H,18,23)(H,19,22)(H,20,21). The van der Waals surface area contributed by atoms with Gasteiger partial charge in [-0.15, -0.1) is 0 Å². The number of ether oxygens (including phenoxy) is 2. The molecule has 8 nitrogen and oxygen atoms in total. The number of benzene rings is 1. The first-order chi connectivity index (χ1) is 11.8. The SMILES string of the molecule is COc1ccc(C(=O)NC(C(=O)NCCOCC(=O)O)C(C)C)cc1. The van der Waals surface area contributed by atoms with Gasteiger partial charge in [0.15, 0.2) is 0 Å². The first kappa shape index (κ1) is 20.4. The van der Waals surface area contributed by atoms with E-state index in [0.29, 0.717) is 11.3 Å². The van der Waals surface area contributed by atoms with Crippen molar-refractivity contribution in [1.82, 2.24) is 10.6 Å². The third-order valence-corrected chi connectivity index (χ3v) is 3.36. The highest BCUT2D eigenvalue weighted by molar-refractivity contribution is 5.97. The van der Waals surface area contributed by atoms with Crippen LogP contribution < -0.4 is 15.4 Å². The number of carbonyl (C=O) groups excluding carboxylic acids is 2. The number of carboxylic acids is 1. The number of hydrogen-bond acceptors (Lipinski definition) is 5. The quantitative estimate of drug-likeness (QED) is 0.533. The zero-order valence-electron chi connectivity index (χ0n) is 14.6. The number of methoxy groups -OCH3 is 1. The molecule has 1 aromatic rings. The largest absolute Gasteiger partial charge is 0.497 e. The van der Waals surface area contributed by atoms with Crippen molar-refractivity contribution in [2.24, 2.45) is 5.92 Å². The third-order valence-electron chi connectivity index (χ3n) is 3.36.